The highest BCUT2D eigenvalue weighted by Gasteiger charge is 2.18. The lowest BCUT2D eigenvalue weighted by atomic mass is 10.2. The summed E-state index contributed by atoms with van der Waals surface area (Å²) in [5.41, 5.74) is 4.10. The molecule has 7 nitrogen and oxygen atoms in total. The van der Waals surface area contributed by atoms with Crippen LogP contribution in [0.4, 0.5) is 26.6 Å². The van der Waals surface area contributed by atoms with Crippen LogP contribution in [-0.4, -0.2) is 41.2 Å². The molecule has 0 saturated carbocycles. The van der Waals surface area contributed by atoms with Crippen molar-refractivity contribution in [3.05, 3.63) is 70.6 Å². The molecule has 0 aliphatic carbocycles. The van der Waals surface area contributed by atoms with Crippen molar-refractivity contribution in [1.82, 2.24) is 14.9 Å². The van der Waals surface area contributed by atoms with Crippen LogP contribution in [0.5, 0.6) is 0 Å². The van der Waals surface area contributed by atoms with Gasteiger partial charge in [-0.1, -0.05) is 35.1 Å². The zero-order valence-electron chi connectivity index (χ0n) is 19.6. The van der Waals surface area contributed by atoms with E-state index in [1.165, 1.54) is 35.2 Å². The van der Waals surface area contributed by atoms with Crippen molar-refractivity contribution in [2.24, 2.45) is 0 Å². The molecule has 2 N–H and O–H groups in total. The molecule has 1 aliphatic rings. The first-order chi connectivity index (χ1) is 17.5. The summed E-state index contributed by atoms with van der Waals surface area (Å²) in [6.07, 6.45) is 4.09. The van der Waals surface area contributed by atoms with Gasteiger partial charge in [-0.25, -0.2) is 9.37 Å². The normalized spacial score (nSPS) is 15.4. The van der Waals surface area contributed by atoms with Gasteiger partial charge in [0.1, 0.15) is 16.6 Å². The van der Waals surface area contributed by atoms with E-state index in [0.717, 1.165) is 38.2 Å². The Morgan fingerprint density at radius 1 is 1.22 bits per heavy atom. The minimum absolute atomic E-state index is 0.00280. The second kappa shape index (κ2) is 10.8. The highest BCUT2D eigenvalue weighted by Crippen LogP contribution is 2.36. The van der Waals surface area contributed by atoms with E-state index in [1.54, 1.807) is 6.07 Å². The first-order valence-corrected chi connectivity index (χ1v) is 12.8. The van der Waals surface area contributed by atoms with Crippen molar-refractivity contribution < 1.29 is 9.13 Å². The third-order valence-corrected chi connectivity index (χ3v) is 7.20. The van der Waals surface area contributed by atoms with Crippen LogP contribution in [0.3, 0.4) is 0 Å². The summed E-state index contributed by atoms with van der Waals surface area (Å²) in [5.74, 6) is -0.507. The third kappa shape index (κ3) is 5.58. The minimum atomic E-state index is -0.507. The summed E-state index contributed by atoms with van der Waals surface area (Å²) in [5, 5.41) is 16.8. The molecule has 3 heterocycles. The molecule has 0 unspecified atom stereocenters. The van der Waals surface area contributed by atoms with E-state index in [2.05, 4.69) is 50.8 Å². The zero-order valence-corrected chi connectivity index (χ0v) is 21.2. The molecule has 0 spiro atoms. The highest BCUT2D eigenvalue weighted by molar-refractivity contribution is 7.22. The van der Waals surface area contributed by atoms with E-state index in [0.29, 0.717) is 38.5 Å². The summed E-state index contributed by atoms with van der Waals surface area (Å²) in [6.45, 7) is 2.66. The number of fused-ring (bicyclic) bond motifs is 1. The van der Waals surface area contributed by atoms with Crippen molar-refractivity contribution in [3.8, 4) is 6.07 Å². The Balaban J connectivity index is 1.31. The highest BCUT2D eigenvalue weighted by atomic mass is 35.5. The Labute approximate surface area is 217 Å². The number of hydrogen-bond donors (Lipinski definition) is 2. The molecular weight excluding hydrogens is 499 g/mol. The van der Waals surface area contributed by atoms with Crippen LogP contribution in [0.15, 0.2) is 48.7 Å². The van der Waals surface area contributed by atoms with Crippen molar-refractivity contribution >= 4 is 55.5 Å². The Morgan fingerprint density at radius 3 is 2.75 bits per heavy atom. The molecule has 5 rings (SSSR count). The van der Waals surface area contributed by atoms with E-state index in [1.807, 2.05) is 12.1 Å². The third-order valence-electron chi connectivity index (χ3n) is 5.93. The van der Waals surface area contributed by atoms with Gasteiger partial charge in [0.25, 0.3) is 0 Å². The topological polar surface area (TPSA) is 86.1 Å². The summed E-state index contributed by atoms with van der Waals surface area (Å²) < 4.78 is 20.0. The molecular formula is C26H24ClFN6OS. The summed E-state index contributed by atoms with van der Waals surface area (Å²) in [4.78, 5) is 11.2. The van der Waals surface area contributed by atoms with E-state index in [4.69, 9.17) is 16.3 Å². The number of halogens is 2. The van der Waals surface area contributed by atoms with Gasteiger partial charge in [-0.05, 0) is 55.8 Å². The second-order valence-electron chi connectivity index (χ2n) is 8.74. The largest absolute Gasteiger partial charge is 0.377 e. The lowest BCUT2D eigenvalue weighted by Crippen LogP contribution is -2.28. The number of thiazole rings is 1. The lowest BCUT2D eigenvalue weighted by molar-refractivity contribution is 0.0793. The maximum absolute atomic E-state index is 13.6. The molecule has 1 aliphatic heterocycles. The molecule has 2 aromatic heterocycles. The van der Waals surface area contributed by atoms with Crippen molar-refractivity contribution in [3.63, 3.8) is 0 Å². The number of hydrogen-bond acceptors (Lipinski definition) is 8. The lowest BCUT2D eigenvalue weighted by Gasteiger charge is -2.20. The summed E-state index contributed by atoms with van der Waals surface area (Å²) in [7, 11) is 2.11. The number of pyridine rings is 1. The quantitative estimate of drug-likeness (QED) is 0.275. The van der Waals surface area contributed by atoms with Crippen LogP contribution >= 0.6 is 22.9 Å². The molecule has 2 aromatic carbocycles. The van der Waals surface area contributed by atoms with Gasteiger partial charge in [-0.2, -0.15) is 10.2 Å². The number of aromatic nitrogens is 2. The fourth-order valence-electron chi connectivity index (χ4n) is 4.18. The minimum Gasteiger partial charge on any atom is -0.377 e. The number of nitrogens with one attached hydrogen (secondary N) is 2. The van der Waals surface area contributed by atoms with Crippen molar-refractivity contribution in [2.45, 2.75) is 25.5 Å². The maximum Gasteiger partial charge on any atom is 0.189 e. The average molecular weight is 523 g/mol. The monoisotopic (exact) mass is 522 g/mol. The van der Waals surface area contributed by atoms with E-state index in [9.17, 15) is 9.65 Å². The van der Waals surface area contributed by atoms with Gasteiger partial charge in [-0.3, -0.25) is 4.90 Å². The Kier molecular flexibility index (Phi) is 7.30. The van der Waals surface area contributed by atoms with Crippen molar-refractivity contribution in [1.29, 1.82) is 5.26 Å². The number of anilines is 4. The number of benzene rings is 2. The molecule has 4 aromatic rings. The Morgan fingerprint density at radius 2 is 2.03 bits per heavy atom. The standard InChI is InChI=1S/C26H24ClFN6OS/c1-34(15-20-3-2-10-35-20)14-16-4-6-18(7-5-16)32-26-33-25-24(36-26)23(17(12-29)13-30-25)31-19-8-9-22(28)21(27)11-19/h4-9,11,13,20H,2-3,10,14-15H2,1H3,(H2,30,31,32,33)/t20-/m1/s1. The first-order valence-electron chi connectivity index (χ1n) is 11.6. The number of nitrogens with zero attached hydrogens (tertiary/aromatic N) is 4. The number of ether oxygens (including phenoxy) is 1. The fraction of sp³-hybridized carbons (Fsp3) is 0.269. The fourth-order valence-corrected chi connectivity index (χ4v) is 5.31. The van der Waals surface area contributed by atoms with Gasteiger partial charge in [0.2, 0.25) is 0 Å². The molecule has 0 amide bonds. The summed E-state index contributed by atoms with van der Waals surface area (Å²) in [6, 6.07) is 14.7. The maximum atomic E-state index is 13.6. The van der Waals surface area contributed by atoms with Gasteiger partial charge in [0.15, 0.2) is 10.8 Å². The molecule has 1 atom stereocenters. The van der Waals surface area contributed by atoms with Crippen LogP contribution < -0.4 is 10.6 Å². The summed E-state index contributed by atoms with van der Waals surface area (Å²) >= 11 is 7.30. The smallest absolute Gasteiger partial charge is 0.189 e. The average Bonchev–Trinajstić information content (AvgIpc) is 3.52. The number of nitriles is 1. The molecule has 184 valence electrons. The van der Waals surface area contributed by atoms with E-state index < -0.39 is 5.82 Å². The molecule has 0 radical (unpaired) electrons. The predicted molar refractivity (Wildman–Crippen MR) is 142 cm³/mol. The molecule has 36 heavy (non-hydrogen) atoms. The number of likely N-dealkylation sites (N-methyl/N-ethyl adjacent to an activating group) is 1. The van der Waals surface area contributed by atoms with Gasteiger partial charge in [0.05, 0.1) is 22.4 Å². The number of rotatable bonds is 8. The van der Waals surface area contributed by atoms with Crippen LogP contribution in [0.25, 0.3) is 10.3 Å². The van der Waals surface area contributed by atoms with Crippen molar-refractivity contribution in [2.75, 3.05) is 30.8 Å². The Bertz CT molecular complexity index is 1410. The SMILES string of the molecule is CN(Cc1ccc(Nc2nc3ncc(C#N)c(Nc4ccc(F)c(Cl)c4)c3s2)cc1)C[C@H]1CCCO1. The van der Waals surface area contributed by atoms with E-state index in [-0.39, 0.29) is 5.02 Å². The van der Waals surface area contributed by atoms with E-state index >= 15 is 0 Å². The predicted octanol–water partition coefficient (Wildman–Crippen LogP) is 6.45. The first kappa shape index (κ1) is 24.4. The molecule has 1 fully saturated rings. The molecule has 1 saturated heterocycles. The van der Waals surface area contributed by atoms with Gasteiger partial charge < -0.3 is 15.4 Å². The Hall–Kier alpha value is -3.29. The van der Waals surface area contributed by atoms with Gasteiger partial charge in [-0.15, -0.1) is 0 Å². The second-order valence-corrected chi connectivity index (χ2v) is 10.1. The van der Waals surface area contributed by atoms with Crippen LogP contribution in [0.1, 0.15) is 24.0 Å². The van der Waals surface area contributed by atoms with Crippen LogP contribution in [0.2, 0.25) is 5.02 Å². The zero-order chi connectivity index (χ0) is 25.1. The van der Waals surface area contributed by atoms with Gasteiger partial charge in [0, 0.05) is 37.3 Å². The van der Waals surface area contributed by atoms with Gasteiger partial charge >= 0.3 is 0 Å². The van der Waals surface area contributed by atoms with Crippen LogP contribution in [-0.2, 0) is 11.3 Å². The molecule has 0 bridgehead atoms. The van der Waals surface area contributed by atoms with Crippen LogP contribution in [0, 0.1) is 17.1 Å². The molecule has 10 heteroatoms.